The fourth-order valence-corrected chi connectivity index (χ4v) is 1.79. The zero-order valence-electron chi connectivity index (χ0n) is 10.2. The Morgan fingerprint density at radius 1 is 1.25 bits per heavy atom. The summed E-state index contributed by atoms with van der Waals surface area (Å²) in [6.07, 6.45) is -0.0321. The standard InChI is InChI=1S/C13H18O3/c1-13(2,3)11(16-4)9-5-7-10(8-6-9)12(14)15/h5-8,11H,1-4H3,(H,14,15)/t11-/m1/s1. The van der Waals surface area contributed by atoms with Crippen molar-refractivity contribution in [1.82, 2.24) is 0 Å². The van der Waals surface area contributed by atoms with Crippen molar-refractivity contribution >= 4 is 5.97 Å². The maximum Gasteiger partial charge on any atom is 0.335 e. The highest BCUT2D eigenvalue weighted by atomic mass is 16.5. The van der Waals surface area contributed by atoms with E-state index in [1.807, 2.05) is 12.1 Å². The van der Waals surface area contributed by atoms with Gasteiger partial charge in [0.2, 0.25) is 0 Å². The molecule has 0 spiro atoms. The highest BCUT2D eigenvalue weighted by molar-refractivity contribution is 5.87. The second kappa shape index (κ2) is 4.66. The third-order valence-electron chi connectivity index (χ3n) is 2.48. The van der Waals surface area contributed by atoms with E-state index in [0.717, 1.165) is 5.56 Å². The summed E-state index contributed by atoms with van der Waals surface area (Å²) >= 11 is 0. The summed E-state index contributed by atoms with van der Waals surface area (Å²) in [5, 5.41) is 8.80. The van der Waals surface area contributed by atoms with Crippen LogP contribution >= 0.6 is 0 Å². The number of ether oxygens (including phenoxy) is 1. The van der Waals surface area contributed by atoms with Crippen LogP contribution < -0.4 is 0 Å². The normalized spacial score (nSPS) is 13.5. The summed E-state index contributed by atoms with van der Waals surface area (Å²) in [5.74, 6) is -0.906. The average Bonchev–Trinajstić information content (AvgIpc) is 2.17. The molecule has 88 valence electrons. The Balaban J connectivity index is 3.00. The van der Waals surface area contributed by atoms with Gasteiger partial charge in [0.1, 0.15) is 0 Å². The van der Waals surface area contributed by atoms with E-state index in [4.69, 9.17) is 9.84 Å². The minimum absolute atomic E-state index is 0.0144. The fourth-order valence-electron chi connectivity index (χ4n) is 1.79. The first-order valence-corrected chi connectivity index (χ1v) is 5.22. The summed E-state index contributed by atoms with van der Waals surface area (Å²) in [6.45, 7) is 6.27. The van der Waals surface area contributed by atoms with Gasteiger partial charge in [-0.05, 0) is 23.1 Å². The average molecular weight is 222 g/mol. The third-order valence-corrected chi connectivity index (χ3v) is 2.48. The van der Waals surface area contributed by atoms with Crippen molar-refractivity contribution in [2.45, 2.75) is 26.9 Å². The number of carbonyl (C=O) groups is 1. The lowest BCUT2D eigenvalue weighted by atomic mass is 9.84. The van der Waals surface area contributed by atoms with Crippen molar-refractivity contribution < 1.29 is 14.6 Å². The predicted octanol–water partition coefficient (Wildman–Crippen LogP) is 3.12. The van der Waals surface area contributed by atoms with Crippen LogP contribution in [0.15, 0.2) is 24.3 Å². The van der Waals surface area contributed by atoms with Gasteiger partial charge in [-0.2, -0.15) is 0 Å². The second-order valence-electron chi connectivity index (χ2n) is 4.91. The van der Waals surface area contributed by atoms with Crippen molar-refractivity contribution in [3.8, 4) is 0 Å². The Kier molecular flexibility index (Phi) is 3.70. The number of hydrogen-bond donors (Lipinski definition) is 1. The van der Waals surface area contributed by atoms with Gasteiger partial charge in [0, 0.05) is 7.11 Å². The van der Waals surface area contributed by atoms with Gasteiger partial charge in [-0.15, -0.1) is 0 Å². The van der Waals surface area contributed by atoms with E-state index in [9.17, 15) is 4.79 Å². The molecule has 0 saturated carbocycles. The van der Waals surface area contributed by atoms with E-state index in [0.29, 0.717) is 5.56 Å². The molecule has 0 unspecified atom stereocenters. The largest absolute Gasteiger partial charge is 0.478 e. The molecule has 0 aromatic heterocycles. The van der Waals surface area contributed by atoms with Gasteiger partial charge in [0.25, 0.3) is 0 Å². The minimum Gasteiger partial charge on any atom is -0.478 e. The summed E-state index contributed by atoms with van der Waals surface area (Å²) in [7, 11) is 1.67. The van der Waals surface area contributed by atoms with Crippen LogP contribution in [0.2, 0.25) is 0 Å². The summed E-state index contributed by atoms with van der Waals surface area (Å²) in [5.41, 5.74) is 1.28. The van der Waals surface area contributed by atoms with Crippen LogP contribution in [0.5, 0.6) is 0 Å². The van der Waals surface area contributed by atoms with Gasteiger partial charge in [0.05, 0.1) is 11.7 Å². The zero-order chi connectivity index (χ0) is 12.3. The monoisotopic (exact) mass is 222 g/mol. The number of aromatic carboxylic acids is 1. The maximum atomic E-state index is 10.7. The molecule has 1 N–H and O–H groups in total. The van der Waals surface area contributed by atoms with Crippen molar-refractivity contribution in [2.75, 3.05) is 7.11 Å². The number of rotatable bonds is 3. The molecule has 1 rings (SSSR count). The van der Waals surface area contributed by atoms with E-state index < -0.39 is 5.97 Å². The van der Waals surface area contributed by atoms with E-state index in [1.54, 1.807) is 19.2 Å². The van der Waals surface area contributed by atoms with Gasteiger partial charge in [-0.3, -0.25) is 0 Å². The van der Waals surface area contributed by atoms with E-state index in [-0.39, 0.29) is 11.5 Å². The molecule has 0 bridgehead atoms. The van der Waals surface area contributed by atoms with Gasteiger partial charge >= 0.3 is 5.97 Å². The molecule has 16 heavy (non-hydrogen) atoms. The first-order chi connectivity index (χ1) is 7.36. The molecule has 0 aliphatic heterocycles. The van der Waals surface area contributed by atoms with Crippen LogP contribution in [0.4, 0.5) is 0 Å². The Morgan fingerprint density at radius 2 is 1.75 bits per heavy atom. The van der Waals surface area contributed by atoms with Crippen LogP contribution in [0.1, 0.15) is 42.8 Å². The predicted molar refractivity (Wildman–Crippen MR) is 62.6 cm³/mol. The van der Waals surface area contributed by atoms with Crippen LogP contribution in [0.25, 0.3) is 0 Å². The Bertz CT molecular complexity index is 360. The number of methoxy groups -OCH3 is 1. The Morgan fingerprint density at radius 3 is 2.06 bits per heavy atom. The molecule has 3 nitrogen and oxygen atoms in total. The summed E-state index contributed by atoms with van der Waals surface area (Å²) in [6, 6.07) is 6.83. The second-order valence-corrected chi connectivity index (χ2v) is 4.91. The maximum absolute atomic E-state index is 10.7. The van der Waals surface area contributed by atoms with Gasteiger partial charge in [-0.25, -0.2) is 4.79 Å². The summed E-state index contributed by atoms with van der Waals surface area (Å²) < 4.78 is 5.45. The molecule has 0 saturated heterocycles. The number of hydrogen-bond acceptors (Lipinski definition) is 2. The van der Waals surface area contributed by atoms with E-state index in [1.165, 1.54) is 0 Å². The smallest absolute Gasteiger partial charge is 0.335 e. The molecule has 1 aromatic rings. The van der Waals surface area contributed by atoms with Gasteiger partial charge in [0.15, 0.2) is 0 Å². The molecule has 1 atom stereocenters. The molecule has 0 aliphatic rings. The van der Waals surface area contributed by atoms with Crippen LogP contribution in [-0.2, 0) is 4.74 Å². The third kappa shape index (κ3) is 2.83. The first kappa shape index (κ1) is 12.7. The zero-order valence-corrected chi connectivity index (χ0v) is 10.2. The highest BCUT2D eigenvalue weighted by Crippen LogP contribution is 2.35. The van der Waals surface area contributed by atoms with Crippen LogP contribution in [-0.4, -0.2) is 18.2 Å². The Labute approximate surface area is 96.1 Å². The lowest BCUT2D eigenvalue weighted by Crippen LogP contribution is -2.20. The van der Waals surface area contributed by atoms with Gasteiger partial charge in [-0.1, -0.05) is 32.9 Å². The van der Waals surface area contributed by atoms with E-state index >= 15 is 0 Å². The minimum atomic E-state index is -0.906. The number of carboxylic acid groups (broad SMARTS) is 1. The SMILES string of the molecule is CO[C@H](c1ccc(C(=O)O)cc1)C(C)(C)C. The first-order valence-electron chi connectivity index (χ1n) is 5.22. The topological polar surface area (TPSA) is 46.5 Å². The summed E-state index contributed by atoms with van der Waals surface area (Å²) in [4.78, 5) is 10.7. The molecule has 0 heterocycles. The van der Waals surface area contributed by atoms with Crippen molar-refractivity contribution in [1.29, 1.82) is 0 Å². The molecule has 1 aromatic carbocycles. The van der Waals surface area contributed by atoms with Crippen LogP contribution in [0.3, 0.4) is 0 Å². The molecule has 3 heteroatoms. The van der Waals surface area contributed by atoms with Crippen molar-refractivity contribution in [3.05, 3.63) is 35.4 Å². The van der Waals surface area contributed by atoms with Crippen LogP contribution in [0, 0.1) is 5.41 Å². The van der Waals surface area contributed by atoms with Gasteiger partial charge < -0.3 is 9.84 Å². The number of carboxylic acids is 1. The quantitative estimate of drug-likeness (QED) is 0.854. The highest BCUT2D eigenvalue weighted by Gasteiger charge is 2.25. The molecular formula is C13H18O3. The van der Waals surface area contributed by atoms with E-state index in [2.05, 4.69) is 20.8 Å². The molecule has 0 amide bonds. The molecule has 0 aliphatic carbocycles. The molecule has 0 fully saturated rings. The Hall–Kier alpha value is -1.35. The number of benzene rings is 1. The molecular weight excluding hydrogens is 204 g/mol. The van der Waals surface area contributed by atoms with Crippen molar-refractivity contribution in [3.63, 3.8) is 0 Å². The lowest BCUT2D eigenvalue weighted by molar-refractivity contribution is 0.0152. The van der Waals surface area contributed by atoms with Crippen molar-refractivity contribution in [2.24, 2.45) is 5.41 Å². The molecule has 0 radical (unpaired) electrons. The fraction of sp³-hybridized carbons (Fsp3) is 0.462. The lowest BCUT2D eigenvalue weighted by Gasteiger charge is -2.29.